The zero-order valence-electron chi connectivity index (χ0n) is 13.5. The maximum Gasteiger partial charge on any atom is 0.288 e. The highest BCUT2D eigenvalue weighted by Gasteiger charge is 2.18. The molecule has 8 nitrogen and oxygen atoms in total. The van der Waals surface area contributed by atoms with Crippen LogP contribution in [0.15, 0.2) is 61.1 Å². The topological polar surface area (TPSA) is 94.5 Å². The van der Waals surface area contributed by atoms with Gasteiger partial charge in [-0.3, -0.25) is 25.0 Å². The van der Waals surface area contributed by atoms with Crippen molar-refractivity contribution in [2.75, 3.05) is 6.79 Å². The number of para-hydroxylation sites is 1. The van der Waals surface area contributed by atoms with E-state index in [-0.39, 0.29) is 6.79 Å². The normalized spacial score (nSPS) is 11.8. The van der Waals surface area contributed by atoms with Gasteiger partial charge in [-0.25, -0.2) is 4.98 Å². The first kappa shape index (κ1) is 15.7. The van der Waals surface area contributed by atoms with Gasteiger partial charge in [-0.2, -0.15) is 0 Å². The Balaban J connectivity index is 1.45. The number of hydrogen-bond donors (Lipinski definition) is 2. The monoisotopic (exact) mass is 350 g/mol. The van der Waals surface area contributed by atoms with E-state index in [2.05, 4.69) is 15.8 Å². The van der Waals surface area contributed by atoms with Gasteiger partial charge in [0.15, 0.2) is 11.5 Å². The van der Waals surface area contributed by atoms with Crippen LogP contribution < -0.4 is 20.3 Å². The summed E-state index contributed by atoms with van der Waals surface area (Å²) in [5, 5.41) is 0. The van der Waals surface area contributed by atoms with Gasteiger partial charge in [0, 0.05) is 11.3 Å². The summed E-state index contributed by atoms with van der Waals surface area (Å²) in [6.07, 6.45) is 2.96. The van der Waals surface area contributed by atoms with Crippen molar-refractivity contribution in [3.8, 4) is 17.2 Å². The maximum absolute atomic E-state index is 12.4. The first-order valence-corrected chi connectivity index (χ1v) is 7.80. The average molecular weight is 350 g/mol. The number of rotatable bonds is 3. The minimum atomic E-state index is -0.486. The van der Waals surface area contributed by atoms with Crippen LogP contribution in [0.3, 0.4) is 0 Å². The summed E-state index contributed by atoms with van der Waals surface area (Å²) in [6, 6.07) is 14.1. The van der Waals surface area contributed by atoms with Gasteiger partial charge >= 0.3 is 0 Å². The molecule has 2 N–H and O–H groups in total. The smallest absolute Gasteiger partial charge is 0.288 e. The molecule has 0 saturated heterocycles. The van der Waals surface area contributed by atoms with Crippen molar-refractivity contribution in [2.45, 2.75) is 0 Å². The molecule has 2 heterocycles. The summed E-state index contributed by atoms with van der Waals surface area (Å²) < 4.78 is 12.1. The largest absolute Gasteiger partial charge is 0.454 e. The highest BCUT2D eigenvalue weighted by Crippen LogP contribution is 2.32. The van der Waals surface area contributed by atoms with Crippen molar-refractivity contribution in [3.05, 3.63) is 72.3 Å². The summed E-state index contributed by atoms with van der Waals surface area (Å²) in [7, 11) is 0. The van der Waals surface area contributed by atoms with Gasteiger partial charge in [-0.15, -0.1) is 0 Å². The number of ether oxygens (including phenoxy) is 2. The van der Waals surface area contributed by atoms with Gasteiger partial charge in [0.05, 0.1) is 12.5 Å². The second-order valence-electron chi connectivity index (χ2n) is 5.46. The lowest BCUT2D eigenvalue weighted by Crippen LogP contribution is -2.42. The Bertz CT molecular complexity index is 968. The van der Waals surface area contributed by atoms with Crippen LogP contribution in [0.4, 0.5) is 0 Å². The zero-order chi connectivity index (χ0) is 17.9. The number of carbonyl (C=O) groups is 2. The van der Waals surface area contributed by atoms with Crippen molar-refractivity contribution in [3.63, 3.8) is 0 Å². The number of amides is 2. The summed E-state index contributed by atoms with van der Waals surface area (Å²) in [6.45, 7) is 0.126. The Morgan fingerprint density at radius 1 is 0.962 bits per heavy atom. The standard InChI is InChI=1S/C18H14N4O4/c23-17(12-6-7-15-16(8-12)26-11-25-15)20-21-18(24)14-9-19-10-22(14)13-4-2-1-3-5-13/h1-10H,11H2,(H,20,23)(H,21,24). The fraction of sp³-hybridized carbons (Fsp3) is 0.0556. The number of nitrogens with zero attached hydrogens (tertiary/aromatic N) is 2. The third-order valence-corrected chi connectivity index (χ3v) is 3.83. The van der Waals surface area contributed by atoms with Crippen LogP contribution in [0.2, 0.25) is 0 Å². The van der Waals surface area contributed by atoms with Crippen LogP contribution in [-0.4, -0.2) is 28.2 Å². The first-order valence-electron chi connectivity index (χ1n) is 7.80. The molecule has 2 aromatic carbocycles. The minimum absolute atomic E-state index is 0.126. The van der Waals surface area contributed by atoms with Crippen LogP contribution in [0.1, 0.15) is 20.8 Å². The molecule has 0 saturated carbocycles. The summed E-state index contributed by atoms with van der Waals surface area (Å²) >= 11 is 0. The third-order valence-electron chi connectivity index (χ3n) is 3.83. The number of nitrogens with one attached hydrogen (secondary N) is 2. The molecule has 0 radical (unpaired) electrons. The number of benzene rings is 2. The highest BCUT2D eigenvalue weighted by atomic mass is 16.7. The molecule has 0 unspecified atom stereocenters. The molecule has 4 rings (SSSR count). The van der Waals surface area contributed by atoms with Crippen molar-refractivity contribution >= 4 is 11.8 Å². The summed E-state index contributed by atoms with van der Waals surface area (Å²) in [4.78, 5) is 28.6. The van der Waals surface area contributed by atoms with E-state index in [1.807, 2.05) is 30.3 Å². The third kappa shape index (κ3) is 2.95. The van der Waals surface area contributed by atoms with E-state index in [1.165, 1.54) is 12.5 Å². The van der Waals surface area contributed by atoms with E-state index in [4.69, 9.17) is 9.47 Å². The van der Waals surface area contributed by atoms with E-state index in [9.17, 15) is 9.59 Å². The lowest BCUT2D eigenvalue weighted by molar-refractivity contribution is 0.0842. The molecule has 26 heavy (non-hydrogen) atoms. The first-order chi connectivity index (χ1) is 12.7. The van der Waals surface area contributed by atoms with Crippen molar-refractivity contribution in [2.24, 2.45) is 0 Å². The molecule has 2 amide bonds. The van der Waals surface area contributed by atoms with Gasteiger partial charge in [0.1, 0.15) is 5.69 Å². The highest BCUT2D eigenvalue weighted by molar-refractivity contribution is 5.98. The Hall–Kier alpha value is -3.81. The van der Waals surface area contributed by atoms with Crippen LogP contribution in [0, 0.1) is 0 Å². The second-order valence-corrected chi connectivity index (χ2v) is 5.46. The molecule has 8 heteroatoms. The van der Waals surface area contributed by atoms with Gasteiger partial charge in [0.25, 0.3) is 11.8 Å². The molecule has 1 aliphatic heterocycles. The minimum Gasteiger partial charge on any atom is -0.454 e. The molecular weight excluding hydrogens is 336 g/mol. The molecule has 3 aromatic rings. The van der Waals surface area contributed by atoms with Gasteiger partial charge in [-0.05, 0) is 30.3 Å². The Labute approximate surface area is 148 Å². The Kier molecular flexibility index (Phi) is 3.98. The quantitative estimate of drug-likeness (QED) is 0.701. The van der Waals surface area contributed by atoms with E-state index in [1.54, 1.807) is 22.8 Å². The lowest BCUT2D eigenvalue weighted by atomic mass is 10.2. The van der Waals surface area contributed by atoms with E-state index in [0.29, 0.717) is 22.8 Å². The van der Waals surface area contributed by atoms with E-state index in [0.717, 1.165) is 5.69 Å². The summed E-state index contributed by atoms with van der Waals surface area (Å²) in [5.41, 5.74) is 6.19. The number of carbonyl (C=O) groups excluding carboxylic acids is 2. The molecule has 1 aromatic heterocycles. The van der Waals surface area contributed by atoms with Gasteiger partial charge in [-0.1, -0.05) is 18.2 Å². The average Bonchev–Trinajstić information content (AvgIpc) is 3.35. The Morgan fingerprint density at radius 3 is 2.58 bits per heavy atom. The molecule has 0 fully saturated rings. The van der Waals surface area contributed by atoms with Crippen LogP contribution >= 0.6 is 0 Å². The predicted molar refractivity (Wildman–Crippen MR) is 91.1 cm³/mol. The molecule has 0 spiro atoms. The van der Waals surface area contributed by atoms with E-state index >= 15 is 0 Å². The molecule has 1 aliphatic rings. The molecular formula is C18H14N4O4. The van der Waals surface area contributed by atoms with Gasteiger partial charge < -0.3 is 9.47 Å². The number of hydrazine groups is 1. The zero-order valence-corrected chi connectivity index (χ0v) is 13.5. The fourth-order valence-corrected chi connectivity index (χ4v) is 2.54. The van der Waals surface area contributed by atoms with Crippen LogP contribution in [0.25, 0.3) is 5.69 Å². The van der Waals surface area contributed by atoms with Crippen molar-refractivity contribution in [1.29, 1.82) is 0 Å². The SMILES string of the molecule is O=C(NNC(=O)c1cncn1-c1ccccc1)c1ccc2c(c1)OCO2. The number of hydrogen-bond acceptors (Lipinski definition) is 5. The summed E-state index contributed by atoms with van der Waals surface area (Å²) in [5.74, 6) is 0.117. The lowest BCUT2D eigenvalue weighted by Gasteiger charge is -2.10. The van der Waals surface area contributed by atoms with Crippen molar-refractivity contribution in [1.82, 2.24) is 20.4 Å². The van der Waals surface area contributed by atoms with Gasteiger partial charge in [0.2, 0.25) is 6.79 Å². The number of fused-ring (bicyclic) bond motifs is 1. The van der Waals surface area contributed by atoms with Crippen LogP contribution in [-0.2, 0) is 0 Å². The second kappa shape index (κ2) is 6.60. The maximum atomic E-state index is 12.4. The molecule has 0 aliphatic carbocycles. The Morgan fingerprint density at radius 2 is 1.73 bits per heavy atom. The number of aromatic nitrogens is 2. The predicted octanol–water partition coefficient (Wildman–Crippen LogP) is 1.68. The fourth-order valence-electron chi connectivity index (χ4n) is 2.54. The van der Waals surface area contributed by atoms with Crippen molar-refractivity contribution < 1.29 is 19.1 Å². The molecule has 130 valence electrons. The molecule has 0 atom stereocenters. The van der Waals surface area contributed by atoms with E-state index < -0.39 is 11.8 Å². The number of imidazole rings is 1. The molecule has 0 bridgehead atoms. The van der Waals surface area contributed by atoms with Crippen LogP contribution in [0.5, 0.6) is 11.5 Å².